The maximum Gasteiger partial charge on any atom is 0.243 e. The van der Waals surface area contributed by atoms with E-state index in [0.717, 1.165) is 24.2 Å². The minimum absolute atomic E-state index is 0.0183. The first kappa shape index (κ1) is 21.5. The third-order valence-corrected chi connectivity index (χ3v) is 6.95. The van der Waals surface area contributed by atoms with Crippen LogP contribution in [-0.2, 0) is 15.4 Å². The molecule has 1 aromatic heterocycles. The van der Waals surface area contributed by atoms with E-state index in [1.165, 1.54) is 4.31 Å². The summed E-state index contributed by atoms with van der Waals surface area (Å²) in [6.45, 7) is 7.13. The van der Waals surface area contributed by atoms with E-state index in [-0.39, 0.29) is 11.5 Å². The number of rotatable bonds is 5. The van der Waals surface area contributed by atoms with Crippen LogP contribution in [0.3, 0.4) is 0 Å². The van der Waals surface area contributed by atoms with Crippen molar-refractivity contribution >= 4 is 15.8 Å². The van der Waals surface area contributed by atoms with Crippen LogP contribution in [-0.4, -0.2) is 56.2 Å². The molecule has 1 aromatic carbocycles. The Kier molecular flexibility index (Phi) is 6.14. The average molecular weight is 419 g/mol. The fraction of sp³-hybridized carbons (Fsp3) is 0.524. The third kappa shape index (κ3) is 5.05. The number of nitrogens with zero attached hydrogens (tertiary/aromatic N) is 4. The molecule has 1 fully saturated rings. The molecule has 0 spiro atoms. The van der Waals surface area contributed by atoms with Gasteiger partial charge in [0.2, 0.25) is 15.9 Å². The maximum absolute atomic E-state index is 13.1. The Hall–Kier alpha value is -2.19. The summed E-state index contributed by atoms with van der Waals surface area (Å²) >= 11 is 0. The summed E-state index contributed by atoms with van der Waals surface area (Å²) in [5.41, 5.74) is 1.09. The first-order valence-corrected chi connectivity index (χ1v) is 11.3. The summed E-state index contributed by atoms with van der Waals surface area (Å²) in [7, 11) is 0.226. The molecule has 1 aliphatic heterocycles. The standard InChI is InChI=1S/C21H30N4O3S/c1-21(2,3)16-8-10-18(11-9-16)29(26,27)25-14-6-7-17(15-25)28-20-13-12-19(22-23-20)24(4)5/h8-13,17H,6-7,14-15H2,1-5H3. The van der Waals surface area contributed by atoms with Crippen molar-refractivity contribution in [2.45, 2.75) is 50.0 Å². The zero-order valence-corrected chi connectivity index (χ0v) is 18.6. The molecule has 1 unspecified atom stereocenters. The smallest absolute Gasteiger partial charge is 0.243 e. The Morgan fingerprint density at radius 1 is 1.07 bits per heavy atom. The van der Waals surface area contributed by atoms with Crippen LogP contribution in [0.2, 0.25) is 0 Å². The molecule has 0 aliphatic carbocycles. The predicted octanol–water partition coefficient (Wildman–Crippen LogP) is 3.07. The van der Waals surface area contributed by atoms with E-state index in [4.69, 9.17) is 4.74 Å². The number of hydrogen-bond donors (Lipinski definition) is 0. The van der Waals surface area contributed by atoms with Gasteiger partial charge in [0.15, 0.2) is 5.82 Å². The zero-order chi connectivity index (χ0) is 21.2. The van der Waals surface area contributed by atoms with Crippen molar-refractivity contribution in [2.24, 2.45) is 0 Å². The summed E-state index contributed by atoms with van der Waals surface area (Å²) in [5, 5.41) is 8.20. The Balaban J connectivity index is 1.70. The molecule has 158 valence electrons. The number of piperidine rings is 1. The fourth-order valence-corrected chi connectivity index (χ4v) is 4.79. The van der Waals surface area contributed by atoms with E-state index in [1.54, 1.807) is 18.2 Å². The monoisotopic (exact) mass is 418 g/mol. The van der Waals surface area contributed by atoms with Gasteiger partial charge in [-0.1, -0.05) is 32.9 Å². The molecule has 1 saturated heterocycles. The summed E-state index contributed by atoms with van der Waals surface area (Å²) in [6, 6.07) is 10.8. The van der Waals surface area contributed by atoms with Gasteiger partial charge in [0.25, 0.3) is 0 Å². The third-order valence-electron chi connectivity index (χ3n) is 5.07. The molecule has 8 heteroatoms. The van der Waals surface area contributed by atoms with Gasteiger partial charge >= 0.3 is 0 Å². The van der Waals surface area contributed by atoms with E-state index in [2.05, 4.69) is 31.0 Å². The van der Waals surface area contributed by atoms with Crippen LogP contribution >= 0.6 is 0 Å². The molecular formula is C21H30N4O3S. The molecule has 0 amide bonds. The van der Waals surface area contributed by atoms with Crippen LogP contribution in [0.5, 0.6) is 5.88 Å². The van der Waals surface area contributed by atoms with Crippen molar-refractivity contribution in [2.75, 3.05) is 32.1 Å². The Labute approximate surface area is 173 Å². The van der Waals surface area contributed by atoms with Gasteiger partial charge in [-0.15, -0.1) is 10.2 Å². The molecule has 3 rings (SSSR count). The lowest BCUT2D eigenvalue weighted by atomic mass is 9.87. The number of benzene rings is 1. The van der Waals surface area contributed by atoms with Crippen LogP contribution in [0.25, 0.3) is 0 Å². The Morgan fingerprint density at radius 2 is 1.76 bits per heavy atom. The number of aromatic nitrogens is 2. The van der Waals surface area contributed by atoms with Crippen LogP contribution < -0.4 is 9.64 Å². The van der Waals surface area contributed by atoms with Gasteiger partial charge in [-0.25, -0.2) is 8.42 Å². The number of anilines is 1. The van der Waals surface area contributed by atoms with Gasteiger partial charge in [0.05, 0.1) is 11.4 Å². The second-order valence-corrected chi connectivity index (χ2v) is 10.6. The molecular weight excluding hydrogens is 388 g/mol. The molecule has 0 bridgehead atoms. The summed E-state index contributed by atoms with van der Waals surface area (Å²) in [6.07, 6.45) is 1.28. The van der Waals surface area contributed by atoms with Crippen LogP contribution in [0.4, 0.5) is 5.82 Å². The molecule has 2 heterocycles. The van der Waals surface area contributed by atoms with Gasteiger partial charge in [0, 0.05) is 26.7 Å². The molecule has 0 saturated carbocycles. The molecule has 1 atom stereocenters. The van der Waals surface area contributed by atoms with Crippen molar-refractivity contribution in [1.29, 1.82) is 0 Å². The maximum atomic E-state index is 13.1. The first-order valence-electron chi connectivity index (χ1n) is 9.86. The average Bonchev–Trinajstić information content (AvgIpc) is 2.68. The summed E-state index contributed by atoms with van der Waals surface area (Å²) in [4.78, 5) is 2.18. The van der Waals surface area contributed by atoms with Crippen molar-refractivity contribution in [3.05, 3.63) is 42.0 Å². The fourth-order valence-electron chi connectivity index (χ4n) is 3.28. The van der Waals surface area contributed by atoms with Gasteiger partial charge < -0.3 is 9.64 Å². The number of sulfonamides is 1. The second kappa shape index (κ2) is 8.28. The lowest BCUT2D eigenvalue weighted by Gasteiger charge is -2.32. The molecule has 0 radical (unpaired) electrons. The first-order chi connectivity index (χ1) is 13.6. The van der Waals surface area contributed by atoms with Crippen molar-refractivity contribution in [3.63, 3.8) is 0 Å². The molecule has 1 aliphatic rings. The summed E-state index contributed by atoms with van der Waals surface area (Å²) in [5.74, 6) is 1.15. The van der Waals surface area contributed by atoms with Gasteiger partial charge in [0.1, 0.15) is 6.10 Å². The zero-order valence-electron chi connectivity index (χ0n) is 17.8. The van der Waals surface area contributed by atoms with Crippen LogP contribution in [0, 0.1) is 0 Å². The molecule has 7 nitrogen and oxygen atoms in total. The van der Waals surface area contributed by atoms with E-state index < -0.39 is 10.0 Å². The highest BCUT2D eigenvalue weighted by Gasteiger charge is 2.31. The number of hydrogen-bond acceptors (Lipinski definition) is 6. The molecule has 29 heavy (non-hydrogen) atoms. The number of ether oxygens (including phenoxy) is 1. The minimum Gasteiger partial charge on any atom is -0.472 e. The Morgan fingerprint density at radius 3 is 2.31 bits per heavy atom. The van der Waals surface area contributed by atoms with Gasteiger partial charge in [-0.2, -0.15) is 4.31 Å². The highest BCUT2D eigenvalue weighted by atomic mass is 32.2. The van der Waals surface area contributed by atoms with E-state index in [0.29, 0.717) is 23.9 Å². The van der Waals surface area contributed by atoms with Crippen molar-refractivity contribution in [3.8, 4) is 5.88 Å². The summed E-state index contributed by atoms with van der Waals surface area (Å²) < 4.78 is 33.6. The normalized spacial score (nSPS) is 18.4. The SMILES string of the molecule is CN(C)c1ccc(OC2CCCN(S(=O)(=O)c3ccc(C(C)(C)C)cc3)C2)nn1. The van der Waals surface area contributed by atoms with Gasteiger partial charge in [-0.05, 0) is 42.0 Å². The lowest BCUT2D eigenvalue weighted by Crippen LogP contribution is -2.44. The van der Waals surface area contributed by atoms with E-state index in [1.807, 2.05) is 37.2 Å². The largest absolute Gasteiger partial charge is 0.472 e. The van der Waals surface area contributed by atoms with E-state index in [9.17, 15) is 8.42 Å². The predicted molar refractivity (Wildman–Crippen MR) is 114 cm³/mol. The van der Waals surface area contributed by atoms with Crippen molar-refractivity contribution in [1.82, 2.24) is 14.5 Å². The van der Waals surface area contributed by atoms with Gasteiger partial charge in [-0.3, -0.25) is 0 Å². The molecule has 2 aromatic rings. The Bertz CT molecular complexity index is 920. The highest BCUT2D eigenvalue weighted by Crippen LogP contribution is 2.27. The van der Waals surface area contributed by atoms with Crippen LogP contribution in [0.15, 0.2) is 41.3 Å². The van der Waals surface area contributed by atoms with Crippen molar-refractivity contribution < 1.29 is 13.2 Å². The minimum atomic E-state index is -3.56. The quantitative estimate of drug-likeness (QED) is 0.743. The lowest BCUT2D eigenvalue weighted by molar-refractivity contribution is 0.123. The molecule has 0 N–H and O–H groups in total. The topological polar surface area (TPSA) is 75.6 Å². The highest BCUT2D eigenvalue weighted by molar-refractivity contribution is 7.89. The second-order valence-electron chi connectivity index (χ2n) is 8.64. The van der Waals surface area contributed by atoms with Crippen LogP contribution in [0.1, 0.15) is 39.2 Å². The van der Waals surface area contributed by atoms with E-state index >= 15 is 0 Å².